The second-order valence-electron chi connectivity index (χ2n) is 6.28. The summed E-state index contributed by atoms with van der Waals surface area (Å²) in [6.07, 6.45) is 5.07. The van der Waals surface area contributed by atoms with Crippen molar-refractivity contribution in [2.75, 3.05) is 0 Å². The Labute approximate surface area is 140 Å². The molecule has 6 heteroatoms. The largest absolute Gasteiger partial charge is 0.268 e. The van der Waals surface area contributed by atoms with E-state index in [0.29, 0.717) is 11.1 Å². The van der Waals surface area contributed by atoms with Gasteiger partial charge in [0.2, 0.25) is 0 Å². The van der Waals surface area contributed by atoms with Crippen LogP contribution < -0.4 is 5.49 Å². The van der Waals surface area contributed by atoms with Gasteiger partial charge in [0, 0.05) is 29.9 Å². The summed E-state index contributed by atoms with van der Waals surface area (Å²) in [5.41, 5.74) is 1.93. The van der Waals surface area contributed by atoms with Crippen molar-refractivity contribution in [3.8, 4) is 0 Å². The maximum Gasteiger partial charge on any atom is 0.265 e. The van der Waals surface area contributed by atoms with Gasteiger partial charge in [-0.1, -0.05) is 6.07 Å². The minimum Gasteiger partial charge on any atom is -0.268 e. The van der Waals surface area contributed by atoms with Crippen LogP contribution in [0.1, 0.15) is 44.1 Å². The molecule has 0 saturated heterocycles. The third-order valence-electron chi connectivity index (χ3n) is 3.62. The van der Waals surface area contributed by atoms with Crippen molar-refractivity contribution < 1.29 is 4.79 Å². The molecule has 0 fully saturated rings. The molecule has 3 aromatic rings. The van der Waals surface area contributed by atoms with Crippen LogP contribution in [-0.4, -0.2) is 31.3 Å². The van der Waals surface area contributed by atoms with Gasteiger partial charge in [0.15, 0.2) is 5.65 Å². The van der Waals surface area contributed by atoms with Gasteiger partial charge in [0.1, 0.15) is 5.49 Å². The number of aromatic nitrogens is 4. The van der Waals surface area contributed by atoms with Crippen LogP contribution in [0.2, 0.25) is 0 Å². The molecule has 3 rings (SSSR count). The molecule has 3 aromatic heterocycles. The molecule has 0 saturated carbocycles. The van der Waals surface area contributed by atoms with Crippen LogP contribution in [0.15, 0.2) is 47.8 Å². The lowest BCUT2D eigenvalue weighted by Crippen LogP contribution is -2.28. The number of hydrogen-bond donors (Lipinski definition) is 0. The Bertz CT molecular complexity index is 949. The van der Waals surface area contributed by atoms with Gasteiger partial charge in [0.25, 0.3) is 5.91 Å². The van der Waals surface area contributed by atoms with E-state index in [1.165, 1.54) is 0 Å². The van der Waals surface area contributed by atoms with Crippen LogP contribution in [0.25, 0.3) is 11.0 Å². The Kier molecular flexibility index (Phi) is 4.29. The van der Waals surface area contributed by atoms with Crippen molar-refractivity contribution in [1.82, 2.24) is 19.3 Å². The SMILES string of the molecule is CC(C)N=c1ccccn1C(=O)c1cnc2c(cnn2C(C)C)c1. The summed E-state index contributed by atoms with van der Waals surface area (Å²) in [5.74, 6) is -0.151. The normalized spacial score (nSPS) is 12.5. The molecule has 0 radical (unpaired) electrons. The molecule has 0 aliphatic rings. The monoisotopic (exact) mass is 323 g/mol. The second-order valence-corrected chi connectivity index (χ2v) is 6.28. The molecule has 6 nitrogen and oxygen atoms in total. The van der Waals surface area contributed by atoms with Crippen molar-refractivity contribution in [3.05, 3.63) is 53.9 Å². The number of carbonyl (C=O) groups excluding carboxylic acids is 1. The lowest BCUT2D eigenvalue weighted by molar-refractivity contribution is 0.0954. The molecule has 24 heavy (non-hydrogen) atoms. The van der Waals surface area contributed by atoms with Crippen LogP contribution in [0, 0.1) is 0 Å². The lowest BCUT2D eigenvalue weighted by atomic mass is 10.2. The molecule has 0 aliphatic heterocycles. The Hall–Kier alpha value is -2.76. The fraction of sp³-hybridized carbons (Fsp3) is 0.333. The summed E-state index contributed by atoms with van der Waals surface area (Å²) in [6.45, 7) is 8.06. The minimum absolute atomic E-state index is 0.108. The molecule has 0 amide bonds. The van der Waals surface area contributed by atoms with Gasteiger partial charge in [0.05, 0.1) is 11.8 Å². The van der Waals surface area contributed by atoms with E-state index in [2.05, 4.69) is 15.1 Å². The summed E-state index contributed by atoms with van der Waals surface area (Å²) in [4.78, 5) is 21.8. The second kappa shape index (κ2) is 6.39. The molecule has 0 aliphatic carbocycles. The third kappa shape index (κ3) is 2.99. The predicted octanol–water partition coefficient (Wildman–Crippen LogP) is 2.81. The standard InChI is InChI=1S/C18H21N5O/c1-12(2)21-16-7-5-6-8-22(16)18(24)15-9-14-11-20-23(13(3)4)17(14)19-10-15/h5-13H,1-4H3. The third-order valence-corrected chi connectivity index (χ3v) is 3.62. The first-order valence-electron chi connectivity index (χ1n) is 8.07. The highest BCUT2D eigenvalue weighted by atomic mass is 16.2. The Balaban J connectivity index is 2.07. The van der Waals surface area contributed by atoms with Gasteiger partial charge in [-0.25, -0.2) is 9.67 Å². The number of pyridine rings is 2. The zero-order valence-corrected chi connectivity index (χ0v) is 14.3. The highest BCUT2D eigenvalue weighted by Crippen LogP contribution is 2.17. The average Bonchev–Trinajstić information content (AvgIpc) is 2.97. The van der Waals surface area contributed by atoms with Crippen LogP contribution in [0.5, 0.6) is 0 Å². The van der Waals surface area contributed by atoms with E-state index in [9.17, 15) is 4.79 Å². The van der Waals surface area contributed by atoms with Crippen LogP contribution in [0.3, 0.4) is 0 Å². The van der Waals surface area contributed by atoms with Crippen LogP contribution in [0.4, 0.5) is 0 Å². The molecule has 0 spiro atoms. The fourth-order valence-electron chi connectivity index (χ4n) is 2.55. The Morgan fingerprint density at radius 2 is 1.96 bits per heavy atom. The van der Waals surface area contributed by atoms with Crippen LogP contribution in [-0.2, 0) is 0 Å². The number of nitrogens with zero attached hydrogens (tertiary/aromatic N) is 5. The molecule has 3 heterocycles. The number of rotatable bonds is 3. The molecule has 0 bridgehead atoms. The van der Waals surface area contributed by atoms with Crippen LogP contribution >= 0.6 is 0 Å². The summed E-state index contributed by atoms with van der Waals surface area (Å²) in [6, 6.07) is 7.68. The summed E-state index contributed by atoms with van der Waals surface area (Å²) in [7, 11) is 0. The fourth-order valence-corrected chi connectivity index (χ4v) is 2.55. The maximum absolute atomic E-state index is 12.9. The smallest absolute Gasteiger partial charge is 0.265 e. The first-order valence-corrected chi connectivity index (χ1v) is 8.07. The van der Waals surface area contributed by atoms with Crippen molar-refractivity contribution in [2.45, 2.75) is 39.8 Å². The molecule has 0 unspecified atom stereocenters. The maximum atomic E-state index is 12.9. The van der Waals surface area contributed by atoms with E-state index in [4.69, 9.17) is 0 Å². The van der Waals surface area contributed by atoms with E-state index in [0.717, 1.165) is 11.0 Å². The quantitative estimate of drug-likeness (QED) is 0.744. The van der Waals surface area contributed by atoms with E-state index in [-0.39, 0.29) is 18.0 Å². The van der Waals surface area contributed by atoms with Gasteiger partial charge < -0.3 is 0 Å². The molecule has 0 atom stereocenters. The number of hydrogen-bond acceptors (Lipinski definition) is 4. The van der Waals surface area contributed by atoms with Crippen molar-refractivity contribution in [2.24, 2.45) is 4.99 Å². The van der Waals surface area contributed by atoms with Gasteiger partial charge in [-0.2, -0.15) is 5.10 Å². The highest BCUT2D eigenvalue weighted by molar-refractivity contribution is 5.98. The van der Waals surface area contributed by atoms with E-state index >= 15 is 0 Å². The van der Waals surface area contributed by atoms with E-state index < -0.39 is 0 Å². The molecule has 0 N–H and O–H groups in total. The first kappa shape index (κ1) is 16.1. The van der Waals surface area contributed by atoms with Gasteiger partial charge >= 0.3 is 0 Å². The number of fused-ring (bicyclic) bond motifs is 1. The van der Waals surface area contributed by atoms with Crippen molar-refractivity contribution in [1.29, 1.82) is 0 Å². The molecule has 0 aromatic carbocycles. The van der Waals surface area contributed by atoms with Gasteiger partial charge in [-0.15, -0.1) is 0 Å². The highest BCUT2D eigenvalue weighted by Gasteiger charge is 2.13. The molecular weight excluding hydrogens is 302 g/mol. The molecule has 124 valence electrons. The van der Waals surface area contributed by atoms with Crippen molar-refractivity contribution in [3.63, 3.8) is 0 Å². The summed E-state index contributed by atoms with van der Waals surface area (Å²) in [5, 5.41) is 5.20. The lowest BCUT2D eigenvalue weighted by Gasteiger charge is -2.08. The Morgan fingerprint density at radius 1 is 1.17 bits per heavy atom. The minimum atomic E-state index is -0.151. The molecular formula is C18H21N5O. The topological polar surface area (TPSA) is 65.1 Å². The summed E-state index contributed by atoms with van der Waals surface area (Å²) < 4.78 is 3.40. The van der Waals surface area contributed by atoms with E-state index in [1.54, 1.807) is 23.2 Å². The average molecular weight is 323 g/mol. The van der Waals surface area contributed by atoms with E-state index in [1.807, 2.05) is 56.6 Å². The van der Waals surface area contributed by atoms with Gasteiger partial charge in [-0.05, 0) is 45.9 Å². The first-order chi connectivity index (χ1) is 11.5. The number of carbonyl (C=O) groups is 1. The van der Waals surface area contributed by atoms with Crippen molar-refractivity contribution >= 4 is 16.9 Å². The predicted molar refractivity (Wildman–Crippen MR) is 92.8 cm³/mol. The Morgan fingerprint density at radius 3 is 2.67 bits per heavy atom. The van der Waals surface area contributed by atoms with Gasteiger partial charge in [-0.3, -0.25) is 14.4 Å². The summed E-state index contributed by atoms with van der Waals surface area (Å²) >= 11 is 0. The zero-order valence-electron chi connectivity index (χ0n) is 14.3. The zero-order chi connectivity index (χ0) is 17.3.